The molecule has 0 spiro atoms. The van der Waals surface area contributed by atoms with Crippen molar-refractivity contribution in [1.82, 2.24) is 9.97 Å². The van der Waals surface area contributed by atoms with Gasteiger partial charge in [-0.3, -0.25) is 0 Å². The molecule has 3 rings (SSSR count). The minimum absolute atomic E-state index is 0.0554. The van der Waals surface area contributed by atoms with E-state index in [4.69, 9.17) is 9.47 Å². The summed E-state index contributed by atoms with van der Waals surface area (Å²) in [5.41, 5.74) is 0.942. The first-order chi connectivity index (χ1) is 11.4. The van der Waals surface area contributed by atoms with E-state index < -0.39 is 0 Å². The quantitative estimate of drug-likeness (QED) is 0.712. The first-order valence-corrected chi connectivity index (χ1v) is 9.26. The van der Waals surface area contributed by atoms with Crippen LogP contribution < -0.4 is 9.64 Å². The SMILES string of the molecule is CC.CC.Cc1nc2c(c(C(C)(C)C)n1)OC[C@@H]1COC[C@@H](C)N21. The van der Waals surface area contributed by atoms with Gasteiger partial charge in [0.05, 0.1) is 31.0 Å². The molecule has 0 amide bonds. The van der Waals surface area contributed by atoms with Gasteiger partial charge in [-0.2, -0.15) is 0 Å². The number of aromatic nitrogens is 2. The van der Waals surface area contributed by atoms with Crippen molar-refractivity contribution in [2.45, 2.75) is 79.8 Å². The third-order valence-electron chi connectivity index (χ3n) is 3.87. The van der Waals surface area contributed by atoms with Gasteiger partial charge in [0.2, 0.25) is 0 Å². The maximum Gasteiger partial charge on any atom is 0.183 e. The highest BCUT2D eigenvalue weighted by Gasteiger charge is 2.38. The number of rotatable bonds is 0. The normalized spacial score (nSPS) is 22.0. The van der Waals surface area contributed by atoms with E-state index >= 15 is 0 Å². The second-order valence-electron chi connectivity index (χ2n) is 6.78. The minimum Gasteiger partial charge on any atom is -0.486 e. The molecule has 0 N–H and O–H groups in total. The molecule has 24 heavy (non-hydrogen) atoms. The van der Waals surface area contributed by atoms with E-state index in [2.05, 4.69) is 42.6 Å². The second-order valence-corrected chi connectivity index (χ2v) is 6.78. The molecule has 0 bridgehead atoms. The standard InChI is InChI=1S/C15H23N3O2.2C2H6/c1-9-6-19-7-11-8-20-12-13(15(3,4)5)16-10(2)17-14(12)18(9)11;2*1-2/h9,11H,6-8H2,1-5H3;2*1-2H3/t9-,11+;;/m1../s1. The summed E-state index contributed by atoms with van der Waals surface area (Å²) in [6, 6.07) is 0.576. The number of nitrogens with zero attached hydrogens (tertiary/aromatic N) is 3. The summed E-state index contributed by atoms with van der Waals surface area (Å²) >= 11 is 0. The van der Waals surface area contributed by atoms with Crippen LogP contribution in [-0.2, 0) is 10.2 Å². The summed E-state index contributed by atoms with van der Waals surface area (Å²) < 4.78 is 11.6. The molecule has 3 heterocycles. The number of morpholine rings is 1. The van der Waals surface area contributed by atoms with Crippen LogP contribution in [0.25, 0.3) is 0 Å². The Labute approximate surface area is 147 Å². The number of hydrogen-bond donors (Lipinski definition) is 0. The Balaban J connectivity index is 0.000000671. The van der Waals surface area contributed by atoms with Gasteiger partial charge < -0.3 is 14.4 Å². The van der Waals surface area contributed by atoms with E-state index in [9.17, 15) is 0 Å². The van der Waals surface area contributed by atoms with Crippen LogP contribution in [0, 0.1) is 6.92 Å². The molecule has 5 nitrogen and oxygen atoms in total. The zero-order valence-corrected chi connectivity index (χ0v) is 16.9. The molecule has 2 aliphatic heterocycles. The number of ether oxygens (including phenoxy) is 2. The molecule has 0 radical (unpaired) electrons. The topological polar surface area (TPSA) is 47.5 Å². The predicted molar refractivity (Wildman–Crippen MR) is 100 cm³/mol. The van der Waals surface area contributed by atoms with Gasteiger partial charge >= 0.3 is 0 Å². The van der Waals surface area contributed by atoms with Crippen molar-refractivity contribution in [1.29, 1.82) is 0 Å². The fourth-order valence-corrected chi connectivity index (χ4v) is 2.95. The van der Waals surface area contributed by atoms with Gasteiger partial charge in [0.1, 0.15) is 12.4 Å². The van der Waals surface area contributed by atoms with Gasteiger partial charge in [-0.25, -0.2) is 9.97 Å². The van der Waals surface area contributed by atoms with Crippen molar-refractivity contribution in [2.75, 3.05) is 24.7 Å². The van der Waals surface area contributed by atoms with Crippen LogP contribution in [0.5, 0.6) is 5.75 Å². The summed E-state index contributed by atoms with van der Waals surface area (Å²) in [5, 5.41) is 0. The maximum atomic E-state index is 6.01. The Morgan fingerprint density at radius 3 is 2.21 bits per heavy atom. The van der Waals surface area contributed by atoms with Crippen LogP contribution in [0.1, 0.15) is 66.9 Å². The Bertz CT molecular complexity index is 526. The smallest absolute Gasteiger partial charge is 0.183 e. The maximum absolute atomic E-state index is 6.01. The molecule has 1 fully saturated rings. The zero-order valence-electron chi connectivity index (χ0n) is 16.9. The summed E-state index contributed by atoms with van der Waals surface area (Å²) in [4.78, 5) is 11.6. The molecule has 5 heteroatoms. The fourth-order valence-electron chi connectivity index (χ4n) is 2.95. The van der Waals surface area contributed by atoms with Crippen LogP contribution in [0.15, 0.2) is 0 Å². The predicted octanol–water partition coefficient (Wildman–Crippen LogP) is 4.12. The van der Waals surface area contributed by atoms with Crippen molar-refractivity contribution in [3.05, 3.63) is 11.5 Å². The van der Waals surface area contributed by atoms with Gasteiger partial charge in [-0.15, -0.1) is 0 Å². The fraction of sp³-hybridized carbons (Fsp3) is 0.789. The van der Waals surface area contributed by atoms with Crippen molar-refractivity contribution in [2.24, 2.45) is 0 Å². The number of aryl methyl sites for hydroxylation is 1. The van der Waals surface area contributed by atoms with Crippen LogP contribution in [-0.4, -0.2) is 41.9 Å². The molecular weight excluding hydrogens is 302 g/mol. The first kappa shape index (κ1) is 20.7. The minimum atomic E-state index is -0.0554. The molecule has 0 saturated carbocycles. The van der Waals surface area contributed by atoms with Crippen molar-refractivity contribution in [3.8, 4) is 5.75 Å². The summed E-state index contributed by atoms with van der Waals surface area (Å²) in [5.74, 6) is 2.60. The van der Waals surface area contributed by atoms with E-state index in [0.29, 0.717) is 19.3 Å². The van der Waals surface area contributed by atoms with E-state index in [1.807, 2.05) is 34.6 Å². The first-order valence-electron chi connectivity index (χ1n) is 9.26. The van der Waals surface area contributed by atoms with Gasteiger partial charge in [0.15, 0.2) is 11.6 Å². The second kappa shape index (κ2) is 8.65. The van der Waals surface area contributed by atoms with Crippen molar-refractivity contribution >= 4 is 5.82 Å². The number of anilines is 1. The zero-order chi connectivity index (χ0) is 18.5. The Morgan fingerprint density at radius 2 is 1.62 bits per heavy atom. The molecule has 0 aliphatic carbocycles. The van der Waals surface area contributed by atoms with E-state index in [1.54, 1.807) is 0 Å². The van der Waals surface area contributed by atoms with Gasteiger partial charge in [0, 0.05) is 5.41 Å². The molecule has 2 atom stereocenters. The van der Waals surface area contributed by atoms with E-state index in [0.717, 1.165) is 29.7 Å². The van der Waals surface area contributed by atoms with Crippen LogP contribution in [0.3, 0.4) is 0 Å². The lowest BCUT2D eigenvalue weighted by Gasteiger charge is -2.45. The molecule has 0 unspecified atom stereocenters. The Morgan fingerprint density at radius 1 is 1.00 bits per heavy atom. The molecule has 138 valence electrons. The van der Waals surface area contributed by atoms with Gasteiger partial charge in [0.25, 0.3) is 0 Å². The lowest BCUT2D eigenvalue weighted by Crippen LogP contribution is -2.56. The highest BCUT2D eigenvalue weighted by atomic mass is 16.5. The number of fused-ring (bicyclic) bond motifs is 3. The summed E-state index contributed by atoms with van der Waals surface area (Å²) in [6.45, 7) is 20.7. The lowest BCUT2D eigenvalue weighted by molar-refractivity contribution is 0.0480. The summed E-state index contributed by atoms with van der Waals surface area (Å²) in [6.07, 6.45) is 0. The van der Waals surface area contributed by atoms with Crippen molar-refractivity contribution < 1.29 is 9.47 Å². The monoisotopic (exact) mass is 337 g/mol. The van der Waals surface area contributed by atoms with Crippen LogP contribution >= 0.6 is 0 Å². The molecule has 1 saturated heterocycles. The largest absolute Gasteiger partial charge is 0.486 e. The lowest BCUT2D eigenvalue weighted by atomic mass is 9.90. The highest BCUT2D eigenvalue weighted by Crippen LogP contribution is 2.41. The van der Waals surface area contributed by atoms with Gasteiger partial charge in [-0.1, -0.05) is 48.5 Å². The Kier molecular flexibility index (Phi) is 7.46. The number of hydrogen-bond acceptors (Lipinski definition) is 5. The third-order valence-corrected chi connectivity index (χ3v) is 3.87. The molecule has 2 aliphatic rings. The van der Waals surface area contributed by atoms with E-state index in [-0.39, 0.29) is 11.5 Å². The van der Waals surface area contributed by atoms with Crippen molar-refractivity contribution in [3.63, 3.8) is 0 Å². The average molecular weight is 338 g/mol. The van der Waals surface area contributed by atoms with Crippen LogP contribution in [0.2, 0.25) is 0 Å². The molecule has 0 aromatic carbocycles. The van der Waals surface area contributed by atoms with Crippen LogP contribution in [0.4, 0.5) is 5.82 Å². The molecular formula is C19H35N3O2. The highest BCUT2D eigenvalue weighted by molar-refractivity contribution is 5.59. The average Bonchev–Trinajstić information content (AvgIpc) is 2.56. The molecule has 1 aromatic rings. The molecule has 1 aromatic heterocycles. The third kappa shape index (κ3) is 4.18. The Hall–Kier alpha value is -1.36. The van der Waals surface area contributed by atoms with E-state index in [1.165, 1.54) is 0 Å². The summed E-state index contributed by atoms with van der Waals surface area (Å²) in [7, 11) is 0. The van der Waals surface area contributed by atoms with Gasteiger partial charge in [-0.05, 0) is 13.8 Å².